The summed E-state index contributed by atoms with van der Waals surface area (Å²) in [6.07, 6.45) is -9.52. The molecule has 0 aliphatic carbocycles. The molecule has 2 heterocycles. The Kier molecular flexibility index (Phi) is 13.9. The lowest BCUT2D eigenvalue weighted by molar-refractivity contribution is -0.247. The molecule has 2 saturated heterocycles. The molecule has 212 valence electrons. The second-order valence-corrected chi connectivity index (χ2v) is 9.48. The van der Waals surface area contributed by atoms with Crippen LogP contribution >= 0.6 is 15.6 Å². The molecule has 0 radical (unpaired) electrons. The van der Waals surface area contributed by atoms with Gasteiger partial charge in [0, 0.05) is 0 Å². The number of aliphatic hydroxyl groups is 8. The van der Waals surface area contributed by atoms with E-state index in [9.17, 15) is 39.8 Å². The van der Waals surface area contributed by atoms with Gasteiger partial charge in [-0.15, -0.1) is 0 Å². The van der Waals surface area contributed by atoms with Crippen LogP contribution in [0.25, 0.3) is 0 Å². The lowest BCUT2D eigenvalue weighted by atomic mass is 10.1. The molecule has 22 heteroatoms. The van der Waals surface area contributed by atoms with Gasteiger partial charge in [-0.3, -0.25) is 9.05 Å². The first-order valence-electron chi connectivity index (χ1n) is 9.18. The third kappa shape index (κ3) is 10.9. The van der Waals surface area contributed by atoms with Gasteiger partial charge in [-0.1, -0.05) is 0 Å². The van der Waals surface area contributed by atoms with Crippen LogP contribution in [-0.4, -0.2) is 142 Å². The van der Waals surface area contributed by atoms with Gasteiger partial charge in [0.05, 0.1) is 33.5 Å². The van der Waals surface area contributed by atoms with Gasteiger partial charge in [-0.2, -0.15) is 0 Å². The van der Waals surface area contributed by atoms with Crippen molar-refractivity contribution in [3.63, 3.8) is 0 Å². The van der Waals surface area contributed by atoms with Crippen molar-refractivity contribution in [3.05, 3.63) is 0 Å². The third-order valence-corrected chi connectivity index (χ3v) is 5.28. The topological polar surface area (TPSA) is 349 Å². The van der Waals surface area contributed by atoms with Crippen molar-refractivity contribution in [2.24, 2.45) is 5.90 Å². The number of hydrogen-bond acceptors (Lipinski definition) is 16. The first-order chi connectivity index (χ1) is 15.8. The molecule has 2 rings (SSSR count). The molecule has 0 bridgehead atoms. The molecule has 20 nitrogen and oxygen atoms in total. The summed E-state index contributed by atoms with van der Waals surface area (Å²) in [6, 6.07) is 0. The van der Waals surface area contributed by atoms with Gasteiger partial charge in [0.15, 0.2) is 0 Å². The minimum Gasteiger partial charge on any atom is -0.391 e. The number of aliphatic hydroxyl groups excluding tert-OH is 6. The Balaban J connectivity index is 0.000000594. The Morgan fingerprint density at radius 3 is 1.20 bits per heavy atom. The molecule has 35 heavy (non-hydrogen) atoms. The summed E-state index contributed by atoms with van der Waals surface area (Å²) in [4.78, 5) is 37.3. The van der Waals surface area contributed by atoms with Crippen molar-refractivity contribution >= 4 is 15.6 Å². The second kappa shape index (κ2) is 14.0. The van der Waals surface area contributed by atoms with E-state index >= 15 is 0 Å². The maximum atomic E-state index is 10.4. The maximum absolute atomic E-state index is 10.4. The van der Waals surface area contributed by atoms with Crippen molar-refractivity contribution in [2.45, 2.75) is 48.2 Å². The molecule has 0 amide bonds. The van der Waals surface area contributed by atoms with Crippen molar-refractivity contribution in [1.29, 1.82) is 0 Å². The summed E-state index contributed by atoms with van der Waals surface area (Å²) in [5.74, 6) is -0.370. The highest BCUT2D eigenvalue weighted by molar-refractivity contribution is 7.46. The lowest BCUT2D eigenvalue weighted by Crippen LogP contribution is -2.46. The number of ether oxygens (including phenoxy) is 2. The number of phosphoric ester groups is 2. The quantitative estimate of drug-likeness (QED) is 0.0956. The van der Waals surface area contributed by atoms with Crippen LogP contribution in [0.3, 0.4) is 0 Å². The van der Waals surface area contributed by atoms with Gasteiger partial charge >= 0.3 is 15.6 Å². The van der Waals surface area contributed by atoms with Crippen LogP contribution in [0.4, 0.5) is 0 Å². The van der Waals surface area contributed by atoms with Gasteiger partial charge in [0.2, 0.25) is 11.6 Å². The summed E-state index contributed by atoms with van der Waals surface area (Å²) in [5, 5.41) is 73.5. The van der Waals surface area contributed by atoms with Gasteiger partial charge in [-0.05, 0) is 0 Å². The minimum absolute atomic E-state index is 0.731. The van der Waals surface area contributed by atoms with Crippen LogP contribution in [0.1, 0.15) is 0 Å². The summed E-state index contributed by atoms with van der Waals surface area (Å²) < 4.78 is 38.1. The number of rotatable bonds is 8. The van der Waals surface area contributed by atoms with Crippen LogP contribution in [-0.2, 0) is 32.5 Å². The molecule has 2 aliphatic rings. The van der Waals surface area contributed by atoms with Crippen LogP contribution in [0.2, 0.25) is 0 Å². The lowest BCUT2D eigenvalue weighted by Gasteiger charge is -2.22. The van der Waals surface area contributed by atoms with E-state index in [2.05, 4.69) is 29.3 Å². The average molecular weight is 567 g/mol. The Morgan fingerprint density at radius 2 is 1.03 bits per heavy atom. The van der Waals surface area contributed by atoms with Gasteiger partial charge < -0.3 is 74.7 Å². The Bertz CT molecular complexity index is 661. The zero-order chi connectivity index (χ0) is 27.8. The molecule has 0 aromatic carbocycles. The predicted molar refractivity (Wildman–Crippen MR) is 105 cm³/mol. The first kappa shape index (κ1) is 34.7. The van der Waals surface area contributed by atoms with Crippen molar-refractivity contribution in [2.75, 3.05) is 33.5 Å². The van der Waals surface area contributed by atoms with Crippen molar-refractivity contribution < 1.29 is 92.9 Å². The summed E-state index contributed by atoms with van der Waals surface area (Å²) in [5.41, 5.74) is 0. The molecule has 2 aliphatic heterocycles. The van der Waals surface area contributed by atoms with E-state index in [0.29, 0.717) is 0 Å². The van der Waals surface area contributed by atoms with Gasteiger partial charge in [-0.25, -0.2) is 15.0 Å². The zero-order valence-electron chi connectivity index (χ0n) is 18.0. The maximum Gasteiger partial charge on any atom is 0.469 e. The van der Waals surface area contributed by atoms with Gasteiger partial charge in [0.1, 0.15) is 36.6 Å². The molecular weight excluding hydrogens is 536 g/mol. The smallest absolute Gasteiger partial charge is 0.391 e. The van der Waals surface area contributed by atoms with E-state index in [-0.39, 0.29) is 0 Å². The van der Waals surface area contributed by atoms with Crippen LogP contribution < -0.4 is 5.90 Å². The fourth-order valence-corrected chi connectivity index (χ4v) is 3.29. The average Bonchev–Trinajstić information content (AvgIpc) is 3.11. The SMILES string of the molecule is CON.O=P(O)(O)OC[C@H]1O[C@](O)(CO)[C@@H](O)[C@@H]1O.O=P(O)(O)OC[C@H]1O[C@](O)(CO)[C@@H](O)[C@@H]1O. The molecule has 0 aromatic heterocycles. The third-order valence-electron chi connectivity index (χ3n) is 4.31. The molecule has 0 unspecified atom stereocenters. The number of hydrogen-bond donors (Lipinski definition) is 13. The Labute approximate surface area is 197 Å². The van der Waals surface area contributed by atoms with Crippen LogP contribution in [0.5, 0.6) is 0 Å². The highest BCUT2D eigenvalue weighted by atomic mass is 31.2. The predicted octanol–water partition coefficient (Wildman–Crippen LogP) is -6.70. The van der Waals surface area contributed by atoms with E-state index in [0.717, 1.165) is 0 Å². The molecule has 2 fully saturated rings. The van der Waals surface area contributed by atoms with E-state index in [1.54, 1.807) is 0 Å². The molecule has 0 aromatic rings. The van der Waals surface area contributed by atoms with E-state index in [1.165, 1.54) is 7.11 Å². The van der Waals surface area contributed by atoms with Crippen LogP contribution in [0.15, 0.2) is 0 Å². The fourth-order valence-electron chi connectivity index (χ4n) is 2.61. The summed E-state index contributed by atoms with van der Waals surface area (Å²) in [6.45, 7) is -3.41. The van der Waals surface area contributed by atoms with Crippen LogP contribution in [0, 0.1) is 0 Å². The summed E-state index contributed by atoms with van der Waals surface area (Å²) >= 11 is 0. The highest BCUT2D eigenvalue weighted by Gasteiger charge is 2.54. The van der Waals surface area contributed by atoms with Gasteiger partial charge in [0.25, 0.3) is 0 Å². The van der Waals surface area contributed by atoms with E-state index in [4.69, 9.17) is 29.8 Å². The van der Waals surface area contributed by atoms with Crippen molar-refractivity contribution in [3.8, 4) is 0 Å². The minimum atomic E-state index is -4.73. The largest absolute Gasteiger partial charge is 0.469 e. The van der Waals surface area contributed by atoms with E-state index < -0.39 is 90.3 Å². The molecule has 0 spiro atoms. The monoisotopic (exact) mass is 567 g/mol. The molecular formula is C13H31NO19P2. The fraction of sp³-hybridized carbons (Fsp3) is 1.00. The summed E-state index contributed by atoms with van der Waals surface area (Å²) in [7, 11) is -8.06. The molecule has 14 N–H and O–H groups in total. The molecule has 0 saturated carbocycles. The first-order valence-corrected chi connectivity index (χ1v) is 12.2. The number of nitrogens with two attached hydrogens (primary N) is 1. The number of phosphoric acid groups is 2. The second-order valence-electron chi connectivity index (χ2n) is 7.00. The molecule has 8 atom stereocenters. The Morgan fingerprint density at radius 1 is 0.771 bits per heavy atom. The zero-order valence-corrected chi connectivity index (χ0v) is 19.8. The standard InChI is InChI=1S/2C6H13O9P.CH5NO/c2*7-2-6(10)5(9)4(8)3(15-6)1-14-16(11,12)13;1-3-2/h2*3-5,7-10H,1-2H2,(H2,11,12,13);2H2,1H3/t2*3-,4-,5+,6-;/m11./s1. The Hall–Kier alpha value is -0.260. The van der Waals surface area contributed by atoms with Crippen molar-refractivity contribution in [1.82, 2.24) is 0 Å². The van der Waals surface area contributed by atoms with E-state index in [1.807, 2.05) is 0 Å². The highest BCUT2D eigenvalue weighted by Crippen LogP contribution is 2.39. The normalized spacial score (nSPS) is 37.3.